The summed E-state index contributed by atoms with van der Waals surface area (Å²) in [5.41, 5.74) is 1.55. The van der Waals surface area contributed by atoms with E-state index >= 15 is 0 Å². The van der Waals surface area contributed by atoms with Gasteiger partial charge in [0.15, 0.2) is 11.5 Å². The third-order valence-corrected chi connectivity index (χ3v) is 6.10. The number of benzene rings is 2. The molecule has 0 saturated carbocycles. The maximum absolute atomic E-state index is 10.1. The Morgan fingerprint density at radius 3 is 2.37 bits per heavy atom. The topological polar surface area (TPSA) is 54.3 Å². The van der Waals surface area contributed by atoms with Crippen LogP contribution in [0.15, 0.2) is 42.5 Å². The zero-order valence-corrected chi connectivity index (χ0v) is 19.4. The predicted octanol–water partition coefficient (Wildman–Crippen LogP) is 5.78. The summed E-state index contributed by atoms with van der Waals surface area (Å²) in [6, 6.07) is 16.6. The number of hydrogen-bond donors (Lipinski definition) is 1. The molecule has 0 amide bonds. The van der Waals surface area contributed by atoms with Crippen molar-refractivity contribution in [3.63, 3.8) is 0 Å². The summed E-state index contributed by atoms with van der Waals surface area (Å²) in [7, 11) is 3.29. The molecular weight excluding hydrogens is 396 g/mol. The zero-order chi connectivity index (χ0) is 22.1. The molecule has 0 aliphatic heterocycles. The summed E-state index contributed by atoms with van der Waals surface area (Å²) >= 11 is 6.45. The smallest absolute Gasteiger partial charge is 0.160 e. The molecule has 0 heterocycles. The van der Waals surface area contributed by atoms with E-state index < -0.39 is 5.41 Å². The SMILES string of the molecule is COc1ccc(CC(C)NCCCC(C#N)(c2ccccc2Cl)C(C)C)cc1OC. The molecule has 2 aromatic rings. The number of nitriles is 1. The van der Waals surface area contributed by atoms with Crippen molar-refractivity contribution in [2.45, 2.75) is 51.5 Å². The summed E-state index contributed by atoms with van der Waals surface area (Å²) in [6.45, 7) is 7.21. The molecule has 2 atom stereocenters. The second kappa shape index (κ2) is 11.2. The van der Waals surface area contributed by atoms with Crippen LogP contribution >= 0.6 is 11.6 Å². The van der Waals surface area contributed by atoms with E-state index in [1.54, 1.807) is 14.2 Å². The molecule has 0 radical (unpaired) electrons. The number of hydrogen-bond acceptors (Lipinski definition) is 4. The molecule has 0 aliphatic rings. The van der Waals surface area contributed by atoms with E-state index in [0.29, 0.717) is 11.1 Å². The lowest BCUT2D eigenvalue weighted by Gasteiger charge is -2.32. The minimum absolute atomic E-state index is 0.173. The van der Waals surface area contributed by atoms with Gasteiger partial charge in [-0.1, -0.05) is 49.7 Å². The average Bonchev–Trinajstić information content (AvgIpc) is 2.74. The second-order valence-corrected chi connectivity index (χ2v) is 8.48. The molecule has 2 rings (SSSR count). The van der Waals surface area contributed by atoms with Crippen molar-refractivity contribution >= 4 is 11.6 Å². The monoisotopic (exact) mass is 428 g/mol. The van der Waals surface area contributed by atoms with Crippen LogP contribution in [0.25, 0.3) is 0 Å². The Balaban J connectivity index is 1.95. The molecule has 0 saturated heterocycles. The Kier molecular flexibility index (Phi) is 9.02. The van der Waals surface area contributed by atoms with Crippen molar-refractivity contribution in [1.82, 2.24) is 5.32 Å². The van der Waals surface area contributed by atoms with Crippen molar-refractivity contribution in [3.8, 4) is 17.6 Å². The molecular formula is C25H33ClN2O2. The molecule has 0 aromatic heterocycles. The lowest BCUT2D eigenvalue weighted by molar-refractivity contribution is 0.352. The van der Waals surface area contributed by atoms with Gasteiger partial charge in [-0.2, -0.15) is 5.26 Å². The van der Waals surface area contributed by atoms with Gasteiger partial charge in [-0.3, -0.25) is 0 Å². The van der Waals surface area contributed by atoms with Gasteiger partial charge in [-0.15, -0.1) is 0 Å². The molecule has 4 nitrogen and oxygen atoms in total. The molecule has 162 valence electrons. The Morgan fingerprint density at radius 1 is 1.07 bits per heavy atom. The van der Waals surface area contributed by atoms with Gasteiger partial charge in [-0.05, 0) is 68.0 Å². The van der Waals surface area contributed by atoms with E-state index in [1.165, 1.54) is 5.56 Å². The zero-order valence-electron chi connectivity index (χ0n) is 18.7. The van der Waals surface area contributed by atoms with Gasteiger partial charge in [0, 0.05) is 11.1 Å². The van der Waals surface area contributed by atoms with E-state index in [2.05, 4.69) is 38.2 Å². The van der Waals surface area contributed by atoms with Crippen LogP contribution in [-0.4, -0.2) is 26.8 Å². The molecule has 2 aromatic carbocycles. The summed E-state index contributed by atoms with van der Waals surface area (Å²) in [5, 5.41) is 14.3. The first-order valence-electron chi connectivity index (χ1n) is 10.5. The van der Waals surface area contributed by atoms with Crippen LogP contribution in [-0.2, 0) is 11.8 Å². The highest BCUT2D eigenvalue weighted by atomic mass is 35.5. The Labute approximate surface area is 186 Å². The second-order valence-electron chi connectivity index (χ2n) is 8.07. The van der Waals surface area contributed by atoms with Crippen molar-refractivity contribution < 1.29 is 9.47 Å². The van der Waals surface area contributed by atoms with Gasteiger partial charge in [0.25, 0.3) is 0 Å². The van der Waals surface area contributed by atoms with Gasteiger partial charge >= 0.3 is 0 Å². The molecule has 0 fully saturated rings. The van der Waals surface area contributed by atoms with Crippen LogP contribution in [0.3, 0.4) is 0 Å². The first kappa shape index (κ1) is 24.1. The largest absolute Gasteiger partial charge is 0.493 e. The van der Waals surface area contributed by atoms with Gasteiger partial charge in [0.1, 0.15) is 0 Å². The first-order valence-corrected chi connectivity index (χ1v) is 10.9. The molecule has 0 bridgehead atoms. The average molecular weight is 429 g/mol. The standard InChI is InChI=1S/C25H33ClN2O2/c1-18(2)25(17-27,21-9-6-7-10-22(21)26)13-8-14-28-19(3)15-20-11-12-23(29-4)24(16-20)30-5/h6-7,9-12,16,18-19,28H,8,13-15H2,1-5H3. The Morgan fingerprint density at radius 2 is 1.77 bits per heavy atom. The summed E-state index contributed by atoms with van der Waals surface area (Å²) in [5.74, 6) is 1.66. The van der Waals surface area contributed by atoms with E-state index in [1.807, 2.05) is 36.4 Å². The van der Waals surface area contributed by atoms with E-state index in [4.69, 9.17) is 21.1 Å². The van der Waals surface area contributed by atoms with Gasteiger partial charge < -0.3 is 14.8 Å². The third kappa shape index (κ3) is 5.68. The number of rotatable bonds is 11. The lowest BCUT2D eigenvalue weighted by atomic mass is 9.70. The highest BCUT2D eigenvalue weighted by Crippen LogP contribution is 2.39. The van der Waals surface area contributed by atoms with E-state index in [9.17, 15) is 5.26 Å². The van der Waals surface area contributed by atoms with Crippen LogP contribution < -0.4 is 14.8 Å². The molecule has 0 spiro atoms. The summed E-state index contributed by atoms with van der Waals surface area (Å²) in [6.07, 6.45) is 2.55. The minimum Gasteiger partial charge on any atom is -0.493 e. The maximum Gasteiger partial charge on any atom is 0.160 e. The third-order valence-electron chi connectivity index (χ3n) is 5.77. The fourth-order valence-corrected chi connectivity index (χ4v) is 4.26. The Bertz CT molecular complexity index is 862. The van der Waals surface area contributed by atoms with Crippen LogP contribution in [0.4, 0.5) is 0 Å². The van der Waals surface area contributed by atoms with Crippen molar-refractivity contribution in [1.29, 1.82) is 5.26 Å². The number of methoxy groups -OCH3 is 2. The van der Waals surface area contributed by atoms with Crippen LogP contribution in [0.1, 0.15) is 44.7 Å². The van der Waals surface area contributed by atoms with E-state index in [0.717, 1.165) is 42.9 Å². The van der Waals surface area contributed by atoms with Crippen molar-refractivity contribution in [2.24, 2.45) is 5.92 Å². The number of nitrogens with zero attached hydrogens (tertiary/aromatic N) is 1. The molecule has 5 heteroatoms. The number of halogens is 1. The summed E-state index contributed by atoms with van der Waals surface area (Å²) < 4.78 is 10.7. The lowest BCUT2D eigenvalue weighted by Crippen LogP contribution is -2.34. The molecule has 30 heavy (non-hydrogen) atoms. The van der Waals surface area contributed by atoms with Crippen molar-refractivity contribution in [2.75, 3.05) is 20.8 Å². The maximum atomic E-state index is 10.1. The normalized spacial score (nSPS) is 14.1. The number of nitrogens with one attached hydrogen (secondary N) is 1. The summed E-state index contributed by atoms with van der Waals surface area (Å²) in [4.78, 5) is 0. The van der Waals surface area contributed by atoms with Crippen LogP contribution in [0.2, 0.25) is 5.02 Å². The van der Waals surface area contributed by atoms with Gasteiger partial charge in [0.2, 0.25) is 0 Å². The van der Waals surface area contributed by atoms with Gasteiger partial charge in [0.05, 0.1) is 25.7 Å². The highest BCUT2D eigenvalue weighted by molar-refractivity contribution is 6.31. The molecule has 1 N–H and O–H groups in total. The first-order chi connectivity index (χ1) is 14.4. The predicted molar refractivity (Wildman–Crippen MR) is 124 cm³/mol. The van der Waals surface area contributed by atoms with Gasteiger partial charge in [-0.25, -0.2) is 0 Å². The van der Waals surface area contributed by atoms with Crippen LogP contribution in [0.5, 0.6) is 11.5 Å². The quantitative estimate of drug-likeness (QED) is 0.461. The Hall–Kier alpha value is -2.22. The number of ether oxygens (including phenoxy) is 2. The fraction of sp³-hybridized carbons (Fsp3) is 0.480. The highest BCUT2D eigenvalue weighted by Gasteiger charge is 2.37. The van der Waals surface area contributed by atoms with Crippen LogP contribution in [0, 0.1) is 17.2 Å². The van der Waals surface area contributed by atoms with Crippen molar-refractivity contribution in [3.05, 3.63) is 58.6 Å². The minimum atomic E-state index is -0.577. The van der Waals surface area contributed by atoms with E-state index in [-0.39, 0.29) is 5.92 Å². The molecule has 0 aliphatic carbocycles. The molecule has 2 unspecified atom stereocenters. The fourth-order valence-electron chi connectivity index (χ4n) is 3.95.